The summed E-state index contributed by atoms with van der Waals surface area (Å²) in [6.07, 6.45) is 30.8. The Morgan fingerprint density at radius 3 is 1.13 bits per heavy atom. The molecule has 0 unspecified atom stereocenters. The van der Waals surface area contributed by atoms with Crippen LogP contribution in [0.1, 0.15) is 148 Å². The largest absolute Gasteiger partial charge is 0.435 e. The number of hydrogen-bond acceptors (Lipinski definition) is 2. The number of ether oxygens (including phenoxy) is 1. The number of carbonyl (C=O) groups is 1. The number of rotatable bonds is 23. The lowest BCUT2D eigenvalue weighted by atomic mass is 10.0. The summed E-state index contributed by atoms with van der Waals surface area (Å²) >= 11 is 4.76. The molecule has 0 aromatic carbocycles. The Balaban J connectivity index is 0. The number of carbonyl (C=O) groups excluding carboxylic acids is 1. The number of halogens is 1. The standard InChI is InChI=1S/C26H50O2.C2H3Cl/c1-3-5-6-7-8-9-10-11-12-13-14-15-16-17-18-19-20-21-22-23-24-25-26(27)28-4-2;1-2-3/h4H,2-3,5-25H2,1H3;2H,1H2. The molecule has 0 aliphatic heterocycles. The molecular formula is C28H53ClO2. The molecule has 31 heavy (non-hydrogen) atoms. The summed E-state index contributed by atoms with van der Waals surface area (Å²) < 4.78 is 4.71. The molecule has 0 radical (unpaired) electrons. The second-order valence-corrected chi connectivity index (χ2v) is 8.94. The second-order valence-electron chi connectivity index (χ2n) is 8.63. The maximum Gasteiger partial charge on any atom is 0.310 e. The van der Waals surface area contributed by atoms with E-state index in [2.05, 4.69) is 20.1 Å². The van der Waals surface area contributed by atoms with E-state index in [0.717, 1.165) is 12.8 Å². The van der Waals surface area contributed by atoms with E-state index < -0.39 is 0 Å². The van der Waals surface area contributed by atoms with E-state index in [4.69, 9.17) is 16.3 Å². The van der Waals surface area contributed by atoms with Crippen molar-refractivity contribution in [2.75, 3.05) is 0 Å². The summed E-state index contributed by atoms with van der Waals surface area (Å²) in [5.41, 5.74) is 1.22. The monoisotopic (exact) mass is 456 g/mol. The van der Waals surface area contributed by atoms with Crippen LogP contribution in [0.2, 0.25) is 0 Å². The van der Waals surface area contributed by atoms with Gasteiger partial charge in [-0.1, -0.05) is 160 Å². The molecule has 0 bridgehead atoms. The first-order valence-corrected chi connectivity index (χ1v) is 13.7. The van der Waals surface area contributed by atoms with Gasteiger partial charge in [0.2, 0.25) is 0 Å². The fourth-order valence-corrected chi connectivity index (χ4v) is 3.85. The van der Waals surface area contributed by atoms with E-state index in [9.17, 15) is 4.79 Å². The van der Waals surface area contributed by atoms with Gasteiger partial charge in [-0.25, -0.2) is 0 Å². The minimum atomic E-state index is -0.146. The maximum absolute atomic E-state index is 11.2. The number of hydrogen-bond donors (Lipinski definition) is 0. The lowest BCUT2D eigenvalue weighted by Gasteiger charge is -2.04. The summed E-state index contributed by atoms with van der Waals surface area (Å²) in [4.78, 5) is 11.2. The molecule has 0 N–H and O–H groups in total. The highest BCUT2D eigenvalue weighted by atomic mass is 35.5. The molecule has 0 atom stereocenters. The summed E-state index contributed by atoms with van der Waals surface area (Å²) in [5, 5.41) is 0. The number of esters is 1. The zero-order valence-corrected chi connectivity index (χ0v) is 21.6. The van der Waals surface area contributed by atoms with Crippen LogP contribution in [-0.2, 0) is 9.53 Å². The van der Waals surface area contributed by atoms with Gasteiger partial charge in [0.1, 0.15) is 0 Å². The van der Waals surface area contributed by atoms with Crippen LogP contribution >= 0.6 is 11.6 Å². The minimum Gasteiger partial charge on any atom is -0.435 e. The van der Waals surface area contributed by atoms with Gasteiger partial charge in [-0.15, -0.1) is 0 Å². The van der Waals surface area contributed by atoms with Crippen LogP contribution < -0.4 is 0 Å². The molecule has 0 saturated carbocycles. The molecule has 0 spiro atoms. The van der Waals surface area contributed by atoms with Crippen LogP contribution in [0, 0.1) is 0 Å². The van der Waals surface area contributed by atoms with E-state index >= 15 is 0 Å². The predicted molar refractivity (Wildman–Crippen MR) is 140 cm³/mol. The van der Waals surface area contributed by atoms with Crippen molar-refractivity contribution in [2.24, 2.45) is 0 Å². The van der Waals surface area contributed by atoms with Crippen LogP contribution in [0.4, 0.5) is 0 Å². The lowest BCUT2D eigenvalue weighted by molar-refractivity contribution is -0.138. The summed E-state index contributed by atoms with van der Waals surface area (Å²) in [6.45, 7) is 8.81. The highest BCUT2D eigenvalue weighted by Crippen LogP contribution is 2.15. The smallest absolute Gasteiger partial charge is 0.310 e. The first-order valence-electron chi connectivity index (χ1n) is 13.2. The third kappa shape index (κ3) is 34.1. The quantitative estimate of drug-likeness (QED) is 0.0867. The van der Waals surface area contributed by atoms with Crippen molar-refractivity contribution < 1.29 is 9.53 Å². The van der Waals surface area contributed by atoms with Crippen molar-refractivity contribution in [1.29, 1.82) is 0 Å². The summed E-state index contributed by atoms with van der Waals surface area (Å²) in [6, 6.07) is 0. The first-order chi connectivity index (χ1) is 15.2. The Bertz CT molecular complexity index is 368. The van der Waals surface area contributed by atoms with Gasteiger partial charge in [0.05, 0.1) is 6.26 Å². The van der Waals surface area contributed by atoms with E-state index in [1.165, 1.54) is 134 Å². The van der Waals surface area contributed by atoms with Crippen LogP contribution in [-0.4, -0.2) is 5.97 Å². The van der Waals surface area contributed by atoms with Crippen LogP contribution in [0.5, 0.6) is 0 Å². The lowest BCUT2D eigenvalue weighted by Crippen LogP contribution is -1.98. The molecular weight excluding hydrogens is 404 g/mol. The molecule has 0 amide bonds. The van der Waals surface area contributed by atoms with Crippen molar-refractivity contribution in [3.63, 3.8) is 0 Å². The van der Waals surface area contributed by atoms with Crippen molar-refractivity contribution >= 4 is 17.6 Å². The van der Waals surface area contributed by atoms with Gasteiger partial charge in [-0.2, -0.15) is 0 Å². The van der Waals surface area contributed by atoms with E-state index in [1.54, 1.807) is 0 Å². The normalized spacial score (nSPS) is 10.3. The highest BCUT2D eigenvalue weighted by Gasteiger charge is 2.00. The molecule has 0 aliphatic carbocycles. The Labute approximate surface area is 200 Å². The van der Waals surface area contributed by atoms with E-state index in [-0.39, 0.29) is 5.97 Å². The Morgan fingerprint density at radius 2 is 0.871 bits per heavy atom. The minimum absolute atomic E-state index is 0.146. The zero-order valence-electron chi connectivity index (χ0n) is 20.8. The summed E-state index contributed by atoms with van der Waals surface area (Å²) in [5.74, 6) is -0.146. The molecule has 0 aromatic heterocycles. The average molecular weight is 457 g/mol. The molecule has 0 aromatic rings. The molecule has 0 aliphatic rings. The fraction of sp³-hybridized carbons (Fsp3) is 0.821. The molecule has 2 nitrogen and oxygen atoms in total. The van der Waals surface area contributed by atoms with Gasteiger partial charge in [-0.3, -0.25) is 4.79 Å². The molecule has 184 valence electrons. The van der Waals surface area contributed by atoms with Crippen LogP contribution in [0.15, 0.2) is 25.0 Å². The topological polar surface area (TPSA) is 26.3 Å². The van der Waals surface area contributed by atoms with Crippen molar-refractivity contribution in [3.05, 3.63) is 25.0 Å². The van der Waals surface area contributed by atoms with Crippen molar-refractivity contribution in [1.82, 2.24) is 0 Å². The van der Waals surface area contributed by atoms with Gasteiger partial charge in [0.25, 0.3) is 0 Å². The average Bonchev–Trinajstić information content (AvgIpc) is 2.75. The van der Waals surface area contributed by atoms with Crippen LogP contribution in [0.25, 0.3) is 0 Å². The maximum atomic E-state index is 11.2. The van der Waals surface area contributed by atoms with E-state index in [0.29, 0.717) is 6.42 Å². The molecule has 0 heterocycles. The van der Waals surface area contributed by atoms with E-state index in [1.807, 2.05) is 0 Å². The van der Waals surface area contributed by atoms with Crippen molar-refractivity contribution in [3.8, 4) is 0 Å². The van der Waals surface area contributed by atoms with Gasteiger partial charge in [0, 0.05) is 6.42 Å². The third-order valence-corrected chi connectivity index (χ3v) is 5.70. The van der Waals surface area contributed by atoms with Crippen LogP contribution in [0.3, 0.4) is 0 Å². The first kappa shape index (κ1) is 32.4. The third-order valence-electron chi connectivity index (χ3n) is 5.70. The Hall–Kier alpha value is -0.760. The molecule has 0 saturated heterocycles. The number of unbranched alkanes of at least 4 members (excludes halogenated alkanes) is 20. The van der Waals surface area contributed by atoms with Gasteiger partial charge in [0.15, 0.2) is 0 Å². The zero-order chi connectivity index (χ0) is 23.3. The summed E-state index contributed by atoms with van der Waals surface area (Å²) in [7, 11) is 0. The SMILES string of the molecule is C=CCl.C=COC(=O)CCCCCCCCCCCCCCCCCCCCCCC. The Morgan fingerprint density at radius 1 is 0.613 bits per heavy atom. The predicted octanol–water partition coefficient (Wildman–Crippen LogP) is 10.6. The molecule has 0 fully saturated rings. The van der Waals surface area contributed by atoms with Gasteiger partial charge >= 0.3 is 5.97 Å². The second kappa shape index (κ2) is 31.4. The molecule has 3 heteroatoms. The molecule has 0 rings (SSSR count). The Kier molecular flexibility index (Phi) is 32.9. The van der Waals surface area contributed by atoms with Gasteiger partial charge < -0.3 is 4.74 Å². The fourth-order valence-electron chi connectivity index (χ4n) is 3.85. The highest BCUT2D eigenvalue weighted by molar-refractivity contribution is 6.25. The van der Waals surface area contributed by atoms with Gasteiger partial charge in [-0.05, 0) is 12.0 Å². The van der Waals surface area contributed by atoms with Crippen molar-refractivity contribution in [2.45, 2.75) is 148 Å².